The van der Waals surface area contributed by atoms with Crippen molar-refractivity contribution in [2.45, 2.75) is 6.42 Å². The van der Waals surface area contributed by atoms with Gasteiger partial charge in [-0.2, -0.15) is 0 Å². The third-order valence-corrected chi connectivity index (χ3v) is 3.89. The van der Waals surface area contributed by atoms with E-state index in [2.05, 4.69) is 10.3 Å². The molecule has 118 valence electrons. The van der Waals surface area contributed by atoms with Crippen molar-refractivity contribution in [1.82, 2.24) is 9.55 Å². The number of carbonyl (C=O) groups is 1. The highest BCUT2D eigenvalue weighted by Crippen LogP contribution is 2.27. The molecule has 1 heterocycles. The van der Waals surface area contributed by atoms with E-state index in [1.54, 1.807) is 31.6 Å². The summed E-state index contributed by atoms with van der Waals surface area (Å²) in [7, 11) is 3.49. The van der Waals surface area contributed by atoms with Gasteiger partial charge in [0.15, 0.2) is 0 Å². The monoisotopic (exact) mass is 329 g/mol. The van der Waals surface area contributed by atoms with Gasteiger partial charge in [0, 0.05) is 12.7 Å². The average Bonchev–Trinajstić information content (AvgIpc) is 2.88. The lowest BCUT2D eigenvalue weighted by atomic mass is 10.1. The highest BCUT2D eigenvalue weighted by atomic mass is 35.5. The Bertz CT molecular complexity index is 873. The third kappa shape index (κ3) is 3.29. The topological polar surface area (TPSA) is 56.1 Å². The van der Waals surface area contributed by atoms with Gasteiger partial charge in [0.05, 0.1) is 35.9 Å². The van der Waals surface area contributed by atoms with Gasteiger partial charge in [0.1, 0.15) is 5.75 Å². The molecule has 6 heteroatoms. The zero-order chi connectivity index (χ0) is 16.4. The number of benzene rings is 2. The largest absolute Gasteiger partial charge is 0.495 e. The number of ether oxygens (including phenoxy) is 1. The van der Waals surface area contributed by atoms with E-state index in [1.165, 1.54) is 0 Å². The third-order valence-electron chi connectivity index (χ3n) is 3.59. The average molecular weight is 330 g/mol. The molecule has 0 aliphatic carbocycles. The van der Waals surface area contributed by atoms with Crippen LogP contribution in [0, 0.1) is 0 Å². The maximum atomic E-state index is 12.2. The molecule has 0 aliphatic heterocycles. The van der Waals surface area contributed by atoms with Crippen molar-refractivity contribution < 1.29 is 9.53 Å². The summed E-state index contributed by atoms with van der Waals surface area (Å²) < 4.78 is 7.03. The minimum atomic E-state index is -0.110. The van der Waals surface area contributed by atoms with E-state index < -0.39 is 0 Å². The molecule has 23 heavy (non-hydrogen) atoms. The predicted molar refractivity (Wildman–Crippen MR) is 91.1 cm³/mol. The molecule has 0 atom stereocenters. The molecule has 0 spiro atoms. The Balaban J connectivity index is 1.71. The first-order chi connectivity index (χ1) is 11.1. The van der Waals surface area contributed by atoms with Crippen molar-refractivity contribution in [2.75, 3.05) is 12.4 Å². The Morgan fingerprint density at radius 1 is 1.30 bits per heavy atom. The summed E-state index contributed by atoms with van der Waals surface area (Å²) in [6, 6.07) is 11.0. The van der Waals surface area contributed by atoms with Crippen LogP contribution in [0.25, 0.3) is 11.0 Å². The maximum Gasteiger partial charge on any atom is 0.228 e. The minimum absolute atomic E-state index is 0.110. The Hall–Kier alpha value is -2.53. The second-order valence-electron chi connectivity index (χ2n) is 5.25. The SMILES string of the molecule is COc1ccc(NC(=O)Cc2ccc3c(c2)ncn3C)cc1Cl. The van der Waals surface area contributed by atoms with E-state index in [-0.39, 0.29) is 12.3 Å². The van der Waals surface area contributed by atoms with E-state index in [0.717, 1.165) is 16.6 Å². The van der Waals surface area contributed by atoms with Crippen molar-refractivity contribution >= 4 is 34.2 Å². The number of fused-ring (bicyclic) bond motifs is 1. The molecular weight excluding hydrogens is 314 g/mol. The van der Waals surface area contributed by atoms with E-state index in [1.807, 2.05) is 29.8 Å². The number of carbonyl (C=O) groups excluding carboxylic acids is 1. The summed E-state index contributed by atoms with van der Waals surface area (Å²) in [5.74, 6) is 0.465. The van der Waals surface area contributed by atoms with Crippen LogP contribution in [0.1, 0.15) is 5.56 Å². The van der Waals surface area contributed by atoms with E-state index in [9.17, 15) is 4.79 Å². The number of aryl methyl sites for hydroxylation is 1. The minimum Gasteiger partial charge on any atom is -0.495 e. The van der Waals surface area contributed by atoms with Crippen LogP contribution in [0.4, 0.5) is 5.69 Å². The van der Waals surface area contributed by atoms with Crippen molar-refractivity contribution in [3.63, 3.8) is 0 Å². The maximum absolute atomic E-state index is 12.2. The molecular formula is C17H16ClN3O2. The number of imidazole rings is 1. The molecule has 0 saturated carbocycles. The Kier molecular flexibility index (Phi) is 4.21. The van der Waals surface area contributed by atoms with Gasteiger partial charge in [-0.3, -0.25) is 4.79 Å². The van der Waals surface area contributed by atoms with Crippen LogP contribution in [0.2, 0.25) is 5.02 Å². The summed E-state index contributed by atoms with van der Waals surface area (Å²) >= 11 is 6.05. The molecule has 1 aromatic heterocycles. The van der Waals surface area contributed by atoms with E-state index in [4.69, 9.17) is 16.3 Å². The summed E-state index contributed by atoms with van der Waals surface area (Å²) in [6.45, 7) is 0. The molecule has 1 amide bonds. The summed E-state index contributed by atoms with van der Waals surface area (Å²) in [6.07, 6.45) is 2.03. The molecule has 0 radical (unpaired) electrons. The number of methoxy groups -OCH3 is 1. The van der Waals surface area contributed by atoms with Gasteiger partial charge >= 0.3 is 0 Å². The zero-order valence-corrected chi connectivity index (χ0v) is 13.6. The summed E-state index contributed by atoms with van der Waals surface area (Å²) in [5, 5.41) is 3.29. The Morgan fingerprint density at radius 2 is 2.13 bits per heavy atom. The quantitative estimate of drug-likeness (QED) is 0.798. The molecule has 0 bridgehead atoms. The lowest BCUT2D eigenvalue weighted by Gasteiger charge is -2.08. The van der Waals surface area contributed by atoms with Gasteiger partial charge in [0.2, 0.25) is 5.91 Å². The number of nitrogens with zero attached hydrogens (tertiary/aromatic N) is 2. The lowest BCUT2D eigenvalue weighted by molar-refractivity contribution is -0.115. The molecule has 3 aromatic rings. The fourth-order valence-corrected chi connectivity index (χ4v) is 2.68. The number of rotatable bonds is 4. The van der Waals surface area contributed by atoms with Gasteiger partial charge in [0.25, 0.3) is 0 Å². The van der Waals surface area contributed by atoms with Crippen molar-refractivity contribution in [2.24, 2.45) is 7.05 Å². The Labute approximate surface area is 138 Å². The van der Waals surface area contributed by atoms with Crippen LogP contribution in [-0.4, -0.2) is 22.6 Å². The van der Waals surface area contributed by atoms with Gasteiger partial charge in [-0.05, 0) is 35.9 Å². The predicted octanol–water partition coefficient (Wildman–Crippen LogP) is 3.42. The number of aromatic nitrogens is 2. The lowest BCUT2D eigenvalue weighted by Crippen LogP contribution is -2.14. The van der Waals surface area contributed by atoms with E-state index >= 15 is 0 Å². The van der Waals surface area contributed by atoms with Crippen molar-refractivity contribution in [1.29, 1.82) is 0 Å². The fraction of sp³-hybridized carbons (Fsp3) is 0.176. The molecule has 3 rings (SSSR count). The van der Waals surface area contributed by atoms with Crippen LogP contribution in [0.3, 0.4) is 0 Å². The first-order valence-electron chi connectivity index (χ1n) is 7.10. The summed E-state index contributed by atoms with van der Waals surface area (Å²) in [5.41, 5.74) is 3.47. The second kappa shape index (κ2) is 6.30. The van der Waals surface area contributed by atoms with Gasteiger partial charge in [-0.1, -0.05) is 17.7 Å². The van der Waals surface area contributed by atoms with Crippen molar-refractivity contribution in [3.05, 3.63) is 53.3 Å². The zero-order valence-electron chi connectivity index (χ0n) is 12.8. The van der Waals surface area contributed by atoms with Crippen LogP contribution < -0.4 is 10.1 Å². The van der Waals surface area contributed by atoms with Crippen LogP contribution in [0.5, 0.6) is 5.75 Å². The number of halogens is 1. The standard InChI is InChI=1S/C17H16ClN3O2/c1-21-10-19-14-7-11(3-5-15(14)21)8-17(22)20-12-4-6-16(23-2)13(18)9-12/h3-7,9-10H,8H2,1-2H3,(H,20,22). The Morgan fingerprint density at radius 3 is 2.87 bits per heavy atom. The molecule has 1 N–H and O–H groups in total. The molecule has 2 aromatic carbocycles. The van der Waals surface area contributed by atoms with Crippen LogP contribution in [0.15, 0.2) is 42.7 Å². The fourth-order valence-electron chi connectivity index (χ4n) is 2.43. The van der Waals surface area contributed by atoms with Gasteiger partial charge in [-0.25, -0.2) is 4.98 Å². The number of hydrogen-bond donors (Lipinski definition) is 1. The van der Waals surface area contributed by atoms with Crippen LogP contribution in [-0.2, 0) is 18.3 Å². The molecule has 0 unspecified atom stereocenters. The normalized spacial score (nSPS) is 10.7. The highest BCUT2D eigenvalue weighted by Gasteiger charge is 2.08. The van der Waals surface area contributed by atoms with E-state index in [0.29, 0.717) is 16.5 Å². The first-order valence-corrected chi connectivity index (χ1v) is 7.48. The first kappa shape index (κ1) is 15.4. The van der Waals surface area contributed by atoms with Gasteiger partial charge < -0.3 is 14.6 Å². The highest BCUT2D eigenvalue weighted by molar-refractivity contribution is 6.32. The molecule has 0 saturated heterocycles. The molecule has 0 aliphatic rings. The number of nitrogens with one attached hydrogen (secondary N) is 1. The molecule has 0 fully saturated rings. The summed E-state index contributed by atoms with van der Waals surface area (Å²) in [4.78, 5) is 16.5. The number of anilines is 1. The molecule has 5 nitrogen and oxygen atoms in total. The van der Waals surface area contributed by atoms with Gasteiger partial charge in [-0.15, -0.1) is 0 Å². The number of amides is 1. The number of hydrogen-bond acceptors (Lipinski definition) is 3. The second-order valence-corrected chi connectivity index (χ2v) is 5.66. The van der Waals surface area contributed by atoms with Crippen LogP contribution >= 0.6 is 11.6 Å². The smallest absolute Gasteiger partial charge is 0.228 e. The van der Waals surface area contributed by atoms with Crippen molar-refractivity contribution in [3.8, 4) is 5.75 Å².